The van der Waals surface area contributed by atoms with E-state index >= 15 is 0 Å². The normalized spacial score (nSPS) is 14.7. The summed E-state index contributed by atoms with van der Waals surface area (Å²) in [4.78, 5) is 9.94. The van der Waals surface area contributed by atoms with Crippen LogP contribution in [0.5, 0.6) is 0 Å². The summed E-state index contributed by atoms with van der Waals surface area (Å²) in [7, 11) is 0. The summed E-state index contributed by atoms with van der Waals surface area (Å²) < 4.78 is 0. The van der Waals surface area contributed by atoms with Crippen molar-refractivity contribution in [2.75, 3.05) is 19.6 Å². The smallest absolute Gasteiger partial charge is 0.0755 e. The Bertz CT molecular complexity index is 8370. The molecule has 2 aliphatic heterocycles. The molecule has 28 rings (SSSR count). The van der Waals surface area contributed by atoms with E-state index in [0.717, 1.165) is 45.5 Å². The lowest BCUT2D eigenvalue weighted by molar-refractivity contribution is 0.660. The van der Waals surface area contributed by atoms with Crippen molar-refractivity contribution in [2.24, 2.45) is 0 Å². The molecule has 2 spiro atoms. The van der Waals surface area contributed by atoms with Crippen molar-refractivity contribution >= 4 is 79.0 Å². The Labute approximate surface area is 813 Å². The first kappa shape index (κ1) is 81.6. The van der Waals surface area contributed by atoms with Gasteiger partial charge in [0.15, 0.2) is 0 Å². The predicted molar refractivity (Wildman–Crippen MR) is 580 cm³/mol. The molecule has 0 aromatic heterocycles. The fraction of sp³-hybridized carbons (Fsp3) is 0.0815. The van der Waals surface area contributed by atoms with Crippen LogP contribution in [0.15, 0.2) is 485 Å². The van der Waals surface area contributed by atoms with Crippen molar-refractivity contribution < 1.29 is 0 Å². The number of anilines is 12. The van der Waals surface area contributed by atoms with Crippen LogP contribution in [0.4, 0.5) is 68.2 Å². The van der Waals surface area contributed by atoms with E-state index in [9.17, 15) is 0 Å². The van der Waals surface area contributed by atoms with E-state index < -0.39 is 10.8 Å². The zero-order valence-corrected chi connectivity index (χ0v) is 78.5. The quantitative estimate of drug-likeness (QED) is 0.128. The molecule has 0 saturated carbocycles. The second kappa shape index (κ2) is 31.1. The molecule has 4 nitrogen and oxygen atoms in total. The second-order valence-corrected chi connectivity index (χ2v) is 40.1. The van der Waals surface area contributed by atoms with Gasteiger partial charge < -0.3 is 19.6 Å². The molecule has 21 aromatic carbocycles. The largest absolute Gasteiger partial charge is 0.310 e. The van der Waals surface area contributed by atoms with Gasteiger partial charge >= 0.3 is 0 Å². The van der Waals surface area contributed by atoms with E-state index in [-0.39, 0.29) is 16.2 Å². The summed E-state index contributed by atoms with van der Waals surface area (Å²) in [5.41, 5.74) is 51.0. The lowest BCUT2D eigenvalue weighted by atomic mass is 9.64. The molecule has 7 aliphatic rings. The molecule has 0 amide bonds. The maximum absolute atomic E-state index is 2.55. The molecule has 658 valence electrons. The standard InChI is InChI=1S/C73H54N2.C62H44N2/c1-71(2)64-42-49(47-20-8-5-9-21-47)32-37-56(64)58-39-34-52(44-66(58)71)74(53-35-40-59-57-38-33-50(48-22-10-6-11-23-48)43-65(57)72(3,4)67(59)45-53)54-36-41-60-55-26-14-15-27-61(55)73(68(60)46-54)62-28-16-18-30-69(62)75(51-24-12-7-13-25-51)70-31-19-17-29-63(70)73;1-61(2)56-38-42(48-26-17-19-41-18-9-10-24-47(41)48)32-35-50(56)51-36-33-45(39-57(51)61)63(43-20-5-3-6-21-43)46-34-37-52-49-25-11-12-27-53(49)62(58(52)40-46)54-28-13-15-30-59(54)64(44-22-7-4-8-23-44)60-31-16-14-29-55(60)62/h5-46H,1-4H3;3-40H,1-2H3. The second-order valence-electron chi connectivity index (χ2n) is 40.1. The van der Waals surface area contributed by atoms with Gasteiger partial charge in [0.25, 0.3) is 0 Å². The highest BCUT2D eigenvalue weighted by atomic mass is 15.2. The molecule has 0 unspecified atom stereocenters. The molecular formula is C135H98N4. The molecule has 0 fully saturated rings. The maximum atomic E-state index is 2.55. The molecule has 2 heterocycles. The van der Waals surface area contributed by atoms with E-state index in [1.165, 1.54) is 200 Å². The Kier molecular flexibility index (Phi) is 18.2. The summed E-state index contributed by atoms with van der Waals surface area (Å²) >= 11 is 0. The summed E-state index contributed by atoms with van der Waals surface area (Å²) in [6.07, 6.45) is 0. The Morgan fingerprint density at radius 1 is 0.158 bits per heavy atom. The molecule has 0 bridgehead atoms. The molecule has 5 aliphatic carbocycles. The number of rotatable bonds is 11. The minimum atomic E-state index is -0.595. The third kappa shape index (κ3) is 12.0. The van der Waals surface area contributed by atoms with Gasteiger partial charge in [-0.1, -0.05) is 387 Å². The van der Waals surface area contributed by atoms with Crippen molar-refractivity contribution in [1.82, 2.24) is 0 Å². The zero-order chi connectivity index (χ0) is 92.8. The van der Waals surface area contributed by atoms with E-state index in [0.29, 0.717) is 0 Å². The van der Waals surface area contributed by atoms with E-state index in [1.54, 1.807) is 0 Å². The first-order valence-corrected chi connectivity index (χ1v) is 48.9. The SMILES string of the molecule is CC1(C)c2cc(-c3cccc4ccccc34)ccc2-c2ccc(N(c3ccccc3)c3ccc4c(c3)C3(c5ccccc5-4)c4ccccc4N(c4ccccc4)c4ccccc43)cc21.CC1(C)c2cc(-c3ccccc3)ccc2-c2ccc(N(c3ccc4c(c3)C(C)(C)c3cc(-c5ccccc5)ccc3-4)c3ccc4c(c3)C3(c5ccccc5-4)c4ccccc4N(c4ccccc4)c4ccccc43)cc21. The average Bonchev–Trinajstić information content (AvgIpc) is 1.53. The van der Waals surface area contributed by atoms with Gasteiger partial charge in [0.05, 0.1) is 33.6 Å². The van der Waals surface area contributed by atoms with Crippen molar-refractivity contribution in [1.29, 1.82) is 0 Å². The lowest BCUT2D eigenvalue weighted by Gasteiger charge is -2.45. The average molecular weight is 1780 g/mol. The topological polar surface area (TPSA) is 13.0 Å². The summed E-state index contributed by atoms with van der Waals surface area (Å²) in [6.45, 7) is 14.4. The number of hydrogen-bond donors (Lipinski definition) is 0. The monoisotopic (exact) mass is 1770 g/mol. The fourth-order valence-electron chi connectivity index (χ4n) is 25.5. The van der Waals surface area contributed by atoms with E-state index in [4.69, 9.17) is 0 Å². The minimum Gasteiger partial charge on any atom is -0.310 e. The van der Waals surface area contributed by atoms with Gasteiger partial charge in [-0.15, -0.1) is 0 Å². The molecular weight excluding hydrogens is 1680 g/mol. The van der Waals surface area contributed by atoms with Gasteiger partial charge in [0.1, 0.15) is 0 Å². The van der Waals surface area contributed by atoms with Gasteiger partial charge in [0.2, 0.25) is 0 Å². The Morgan fingerprint density at radius 3 is 0.791 bits per heavy atom. The van der Waals surface area contributed by atoms with Crippen LogP contribution in [0.3, 0.4) is 0 Å². The highest BCUT2D eigenvalue weighted by molar-refractivity contribution is 6.03. The summed E-state index contributed by atoms with van der Waals surface area (Å²) in [6, 6.07) is 182. The van der Waals surface area contributed by atoms with Crippen LogP contribution < -0.4 is 19.6 Å². The summed E-state index contributed by atoms with van der Waals surface area (Å²) in [5, 5.41) is 2.55. The number of fused-ring (bicyclic) bond motifs is 28. The molecule has 0 saturated heterocycles. The number of hydrogen-bond acceptors (Lipinski definition) is 4. The van der Waals surface area contributed by atoms with E-state index in [2.05, 4.69) is 546 Å². The van der Waals surface area contributed by atoms with Crippen LogP contribution in [0.2, 0.25) is 0 Å². The van der Waals surface area contributed by atoms with Gasteiger partial charge in [-0.2, -0.15) is 0 Å². The lowest BCUT2D eigenvalue weighted by Crippen LogP contribution is -2.36. The summed E-state index contributed by atoms with van der Waals surface area (Å²) in [5.74, 6) is 0. The fourth-order valence-corrected chi connectivity index (χ4v) is 25.5. The maximum Gasteiger partial charge on any atom is 0.0755 e. The first-order valence-electron chi connectivity index (χ1n) is 48.9. The molecule has 139 heavy (non-hydrogen) atoms. The van der Waals surface area contributed by atoms with Gasteiger partial charge in [-0.3, -0.25) is 0 Å². The number of benzene rings is 21. The highest BCUT2D eigenvalue weighted by Crippen LogP contribution is 2.68. The van der Waals surface area contributed by atoms with Crippen LogP contribution >= 0.6 is 0 Å². The van der Waals surface area contributed by atoms with Gasteiger partial charge in [-0.05, 0) is 317 Å². The van der Waals surface area contributed by atoms with Crippen LogP contribution in [-0.4, -0.2) is 0 Å². The van der Waals surface area contributed by atoms with Gasteiger partial charge in [-0.25, -0.2) is 0 Å². The Hall–Kier alpha value is -16.9. The van der Waals surface area contributed by atoms with Crippen molar-refractivity contribution in [2.45, 2.75) is 68.6 Å². The zero-order valence-electron chi connectivity index (χ0n) is 78.5. The van der Waals surface area contributed by atoms with Crippen LogP contribution in [-0.2, 0) is 27.1 Å². The third-order valence-electron chi connectivity index (χ3n) is 31.9. The van der Waals surface area contributed by atoms with Crippen molar-refractivity contribution in [3.8, 4) is 89.0 Å². The van der Waals surface area contributed by atoms with Crippen LogP contribution in [0.25, 0.3) is 99.8 Å². The molecule has 0 atom stereocenters. The predicted octanol–water partition coefficient (Wildman–Crippen LogP) is 35.7. The Balaban J connectivity index is 0.000000142. The van der Waals surface area contributed by atoms with Gasteiger partial charge in [0, 0.05) is 61.7 Å². The molecule has 21 aromatic rings. The van der Waals surface area contributed by atoms with Crippen molar-refractivity contribution in [3.63, 3.8) is 0 Å². The van der Waals surface area contributed by atoms with Crippen LogP contribution in [0, 0.1) is 0 Å². The number of para-hydroxylation sites is 7. The molecule has 0 N–H and O–H groups in total. The van der Waals surface area contributed by atoms with Crippen LogP contribution in [0.1, 0.15) is 119 Å². The van der Waals surface area contributed by atoms with E-state index in [1.807, 2.05) is 0 Å². The highest BCUT2D eigenvalue weighted by Gasteiger charge is 2.55. The first-order chi connectivity index (χ1) is 68.2. The molecule has 4 heteroatoms. The third-order valence-corrected chi connectivity index (χ3v) is 31.9. The molecule has 0 radical (unpaired) electrons. The Morgan fingerprint density at radius 2 is 0.410 bits per heavy atom. The number of nitrogens with zero attached hydrogens (tertiary/aromatic N) is 4. The minimum absolute atomic E-state index is 0.215. The van der Waals surface area contributed by atoms with Crippen molar-refractivity contribution in [3.05, 3.63) is 563 Å².